The SMILES string of the molecule is C=O.C=O.CCCC(CCCOc1cc(F)ccc1F)c1cc(C(F)(F)F)ccc1C. The van der Waals surface area contributed by atoms with E-state index in [1.54, 1.807) is 6.92 Å². The summed E-state index contributed by atoms with van der Waals surface area (Å²) in [5.41, 5.74) is 0.851. The Labute approximate surface area is 179 Å². The van der Waals surface area contributed by atoms with E-state index in [1.807, 2.05) is 20.5 Å². The molecule has 0 N–H and O–H groups in total. The summed E-state index contributed by atoms with van der Waals surface area (Å²) in [5.74, 6) is -1.43. The van der Waals surface area contributed by atoms with Crippen molar-refractivity contribution in [2.75, 3.05) is 6.61 Å². The van der Waals surface area contributed by atoms with Crippen molar-refractivity contribution in [1.29, 1.82) is 0 Å². The summed E-state index contributed by atoms with van der Waals surface area (Å²) in [7, 11) is 0. The Morgan fingerprint density at radius 3 is 2.19 bits per heavy atom. The normalized spacial score (nSPS) is 11.5. The molecule has 1 unspecified atom stereocenters. The molecular formula is C23H27F5O3. The number of rotatable bonds is 8. The van der Waals surface area contributed by atoms with Crippen molar-refractivity contribution in [3.63, 3.8) is 0 Å². The van der Waals surface area contributed by atoms with Crippen LogP contribution < -0.4 is 4.74 Å². The highest BCUT2D eigenvalue weighted by atomic mass is 19.4. The molecule has 0 aliphatic carbocycles. The van der Waals surface area contributed by atoms with E-state index in [9.17, 15) is 22.0 Å². The van der Waals surface area contributed by atoms with Crippen LogP contribution in [0.15, 0.2) is 36.4 Å². The molecule has 0 aromatic heterocycles. The predicted molar refractivity (Wildman–Crippen MR) is 109 cm³/mol. The van der Waals surface area contributed by atoms with Gasteiger partial charge < -0.3 is 14.3 Å². The molecule has 0 aliphatic heterocycles. The molecule has 1 atom stereocenters. The van der Waals surface area contributed by atoms with E-state index in [0.717, 1.165) is 42.7 Å². The van der Waals surface area contributed by atoms with Gasteiger partial charge in [0.2, 0.25) is 0 Å². The van der Waals surface area contributed by atoms with Crippen LogP contribution in [0.1, 0.15) is 55.2 Å². The summed E-state index contributed by atoms with van der Waals surface area (Å²) in [4.78, 5) is 16.0. The third-order valence-corrected chi connectivity index (χ3v) is 4.53. The summed E-state index contributed by atoms with van der Waals surface area (Å²) < 4.78 is 71.1. The zero-order valence-electron chi connectivity index (χ0n) is 17.6. The summed E-state index contributed by atoms with van der Waals surface area (Å²) >= 11 is 0. The van der Waals surface area contributed by atoms with Crippen molar-refractivity contribution >= 4 is 13.6 Å². The maximum absolute atomic E-state index is 13.6. The van der Waals surface area contributed by atoms with Crippen LogP contribution in [0.5, 0.6) is 5.75 Å². The van der Waals surface area contributed by atoms with E-state index >= 15 is 0 Å². The largest absolute Gasteiger partial charge is 0.490 e. The monoisotopic (exact) mass is 446 g/mol. The molecule has 0 saturated carbocycles. The predicted octanol–water partition coefficient (Wildman–Crippen LogP) is 6.67. The van der Waals surface area contributed by atoms with Crippen molar-refractivity contribution in [3.8, 4) is 5.75 Å². The van der Waals surface area contributed by atoms with Gasteiger partial charge in [-0.15, -0.1) is 0 Å². The van der Waals surface area contributed by atoms with Crippen LogP contribution in [0.25, 0.3) is 0 Å². The minimum Gasteiger partial charge on any atom is -0.490 e. The van der Waals surface area contributed by atoms with Crippen LogP contribution >= 0.6 is 0 Å². The van der Waals surface area contributed by atoms with Gasteiger partial charge in [0.05, 0.1) is 12.2 Å². The topological polar surface area (TPSA) is 43.4 Å². The Morgan fingerprint density at radius 1 is 0.968 bits per heavy atom. The molecule has 0 saturated heterocycles. The molecule has 172 valence electrons. The van der Waals surface area contributed by atoms with Gasteiger partial charge >= 0.3 is 6.18 Å². The fraction of sp³-hybridized carbons (Fsp3) is 0.391. The Balaban J connectivity index is 0.00000212. The number of carbonyl (C=O) groups excluding carboxylic acids is 2. The number of hydrogen-bond donors (Lipinski definition) is 0. The van der Waals surface area contributed by atoms with E-state index in [1.165, 1.54) is 12.1 Å². The van der Waals surface area contributed by atoms with Crippen LogP contribution in [0.2, 0.25) is 0 Å². The second-order valence-electron chi connectivity index (χ2n) is 6.62. The number of carbonyl (C=O) groups is 2. The minimum absolute atomic E-state index is 0.0433. The van der Waals surface area contributed by atoms with Gasteiger partial charge in [-0.05, 0) is 67.5 Å². The Kier molecular flexibility index (Phi) is 13.0. The fourth-order valence-electron chi connectivity index (χ4n) is 3.16. The van der Waals surface area contributed by atoms with Crippen LogP contribution in [0, 0.1) is 18.6 Å². The first-order valence-corrected chi connectivity index (χ1v) is 9.55. The van der Waals surface area contributed by atoms with E-state index in [2.05, 4.69) is 0 Å². The lowest BCUT2D eigenvalue weighted by atomic mass is 9.86. The highest BCUT2D eigenvalue weighted by Gasteiger charge is 2.31. The first-order chi connectivity index (χ1) is 14.7. The minimum atomic E-state index is -4.38. The van der Waals surface area contributed by atoms with Crippen molar-refractivity contribution < 1.29 is 36.3 Å². The molecule has 0 bridgehead atoms. The van der Waals surface area contributed by atoms with E-state index in [4.69, 9.17) is 14.3 Å². The van der Waals surface area contributed by atoms with Gasteiger partial charge in [0.1, 0.15) is 19.4 Å². The highest BCUT2D eigenvalue weighted by Crippen LogP contribution is 2.35. The molecular weight excluding hydrogens is 419 g/mol. The summed E-state index contributed by atoms with van der Waals surface area (Å²) in [6.07, 6.45) is -1.67. The number of ether oxygens (including phenoxy) is 1. The van der Waals surface area contributed by atoms with Crippen LogP contribution in [0.4, 0.5) is 22.0 Å². The average Bonchev–Trinajstić information content (AvgIpc) is 2.75. The van der Waals surface area contributed by atoms with Gasteiger partial charge in [0.15, 0.2) is 11.6 Å². The highest BCUT2D eigenvalue weighted by molar-refractivity contribution is 5.35. The average molecular weight is 446 g/mol. The van der Waals surface area contributed by atoms with Crippen molar-refractivity contribution in [3.05, 3.63) is 64.7 Å². The molecule has 0 aliphatic rings. The molecule has 2 rings (SSSR count). The van der Waals surface area contributed by atoms with Gasteiger partial charge in [0.25, 0.3) is 0 Å². The second-order valence-corrected chi connectivity index (χ2v) is 6.62. The molecule has 2 aromatic rings. The fourth-order valence-corrected chi connectivity index (χ4v) is 3.16. The maximum atomic E-state index is 13.6. The van der Waals surface area contributed by atoms with Crippen LogP contribution in [0.3, 0.4) is 0 Å². The molecule has 2 aromatic carbocycles. The van der Waals surface area contributed by atoms with E-state index in [0.29, 0.717) is 18.4 Å². The lowest BCUT2D eigenvalue weighted by Gasteiger charge is -2.21. The number of benzene rings is 2. The molecule has 31 heavy (non-hydrogen) atoms. The molecule has 0 amide bonds. The third kappa shape index (κ3) is 9.27. The Morgan fingerprint density at radius 2 is 1.61 bits per heavy atom. The maximum Gasteiger partial charge on any atom is 0.416 e. The van der Waals surface area contributed by atoms with Crippen molar-refractivity contribution in [2.45, 2.75) is 51.6 Å². The molecule has 8 heteroatoms. The molecule has 0 fully saturated rings. The summed E-state index contributed by atoms with van der Waals surface area (Å²) in [5, 5.41) is 0. The van der Waals surface area contributed by atoms with Gasteiger partial charge in [-0.2, -0.15) is 13.2 Å². The Bertz CT molecular complexity index is 791. The first kappa shape index (κ1) is 28.2. The van der Waals surface area contributed by atoms with Crippen molar-refractivity contribution in [1.82, 2.24) is 0 Å². The summed E-state index contributed by atoms with van der Waals surface area (Å²) in [6, 6.07) is 6.81. The quantitative estimate of drug-likeness (QED) is 0.336. The van der Waals surface area contributed by atoms with Crippen LogP contribution in [-0.4, -0.2) is 20.2 Å². The van der Waals surface area contributed by atoms with Gasteiger partial charge in [-0.25, -0.2) is 8.78 Å². The third-order valence-electron chi connectivity index (χ3n) is 4.53. The second kappa shape index (κ2) is 14.3. The molecule has 0 spiro atoms. The molecule has 0 heterocycles. The number of alkyl halides is 3. The number of hydrogen-bond acceptors (Lipinski definition) is 3. The standard InChI is InChI=1S/C21H23F5O.2CH2O/c1-3-5-15(18-12-16(21(24,25)26)8-7-14(18)2)6-4-11-27-20-13-17(22)9-10-19(20)23;2*1-2/h7-10,12-13,15H,3-6,11H2,1-2H3;2*1H2. The van der Waals surface area contributed by atoms with Crippen LogP contribution in [-0.2, 0) is 15.8 Å². The smallest absolute Gasteiger partial charge is 0.416 e. The lowest BCUT2D eigenvalue weighted by Crippen LogP contribution is -2.10. The number of halogens is 5. The zero-order valence-corrected chi connectivity index (χ0v) is 17.6. The van der Waals surface area contributed by atoms with Crippen molar-refractivity contribution in [2.24, 2.45) is 0 Å². The van der Waals surface area contributed by atoms with E-state index in [-0.39, 0.29) is 18.3 Å². The van der Waals surface area contributed by atoms with Gasteiger partial charge in [-0.3, -0.25) is 0 Å². The lowest BCUT2D eigenvalue weighted by molar-refractivity contribution is -0.137. The van der Waals surface area contributed by atoms with E-state index < -0.39 is 23.4 Å². The van der Waals surface area contributed by atoms with Gasteiger partial charge in [0, 0.05) is 6.07 Å². The Hall–Kier alpha value is -2.77. The summed E-state index contributed by atoms with van der Waals surface area (Å²) in [6.45, 7) is 7.95. The first-order valence-electron chi connectivity index (χ1n) is 9.55. The molecule has 3 nitrogen and oxygen atoms in total. The van der Waals surface area contributed by atoms with Gasteiger partial charge in [-0.1, -0.05) is 19.4 Å². The molecule has 0 radical (unpaired) electrons. The number of aryl methyl sites for hydroxylation is 1. The zero-order chi connectivity index (χ0) is 24.0.